The van der Waals surface area contributed by atoms with E-state index in [-0.39, 0.29) is 52.5 Å². The SMILES string of the molecule is C1CCC([PH+](C2CCCCC2)C2CCCCC2)CC1.C=CCc1ccccc1N(CC(=O)OC(C)(C)C)C(=O)[C@@H](C=C)NC(=O)OCC1c2ccccc2-c2ccccc21.CC(C)(C)OC(=O)CN1C(=O)[C@H](NC(=O)OCC2c3ccccc3-c3ccccc32)CC=Cc2ccccc21.Cc1cc(C)c(N2[CH-]N(c3c(C)cc(C)cc3C)CC2)c(C)c1.[Cl][Ru]([Cl])=[CH]c1ccccc1. The third kappa shape index (κ3) is 27.5. The number of fused-ring (bicyclic) bond motifs is 7. The van der Waals surface area contributed by atoms with Crippen LogP contribution in [0.1, 0.15) is 228 Å². The zero-order valence-electron chi connectivity index (χ0n) is 79.2. The molecule has 0 spiro atoms. The van der Waals surface area contributed by atoms with Crippen LogP contribution in [0.25, 0.3) is 28.3 Å². The van der Waals surface area contributed by atoms with Gasteiger partial charge in [0.05, 0.1) is 22.7 Å². The summed E-state index contributed by atoms with van der Waals surface area (Å²) in [5.41, 5.74) is 25.8. The topological polar surface area (TPSA) is 176 Å². The molecule has 0 unspecified atom stereocenters. The molecule has 132 heavy (non-hydrogen) atoms. The van der Waals surface area contributed by atoms with Gasteiger partial charge in [-0.3, -0.25) is 29.0 Å². The molecule has 3 saturated carbocycles. The number of hydrogen-bond donors (Lipinski definition) is 2. The molecule has 1 saturated heterocycles. The predicted octanol–water partition coefficient (Wildman–Crippen LogP) is 25.8. The molecule has 4 amide bonds. The molecule has 7 aliphatic rings. The molecule has 9 aromatic rings. The average molecular weight is 1930 g/mol. The number of ether oxygens (including phenoxy) is 4. The van der Waals surface area contributed by atoms with E-state index >= 15 is 0 Å². The van der Waals surface area contributed by atoms with E-state index < -0.39 is 72.7 Å². The van der Waals surface area contributed by atoms with E-state index in [2.05, 4.69) is 142 Å². The van der Waals surface area contributed by atoms with Gasteiger partial charge in [0.25, 0.3) is 11.8 Å². The second-order valence-corrected chi connectivity index (χ2v) is 46.9. The Morgan fingerprint density at radius 1 is 0.538 bits per heavy atom. The van der Waals surface area contributed by atoms with Crippen LogP contribution in [0.3, 0.4) is 0 Å². The fourth-order valence-corrected chi connectivity index (χ4v) is 27.3. The summed E-state index contributed by atoms with van der Waals surface area (Å²) in [4.78, 5) is 86.5. The van der Waals surface area contributed by atoms with Crippen molar-refractivity contribution >= 4 is 96.7 Å². The van der Waals surface area contributed by atoms with Crippen LogP contribution in [0.4, 0.5) is 32.3 Å². The Labute approximate surface area is 799 Å². The number of esters is 2. The minimum absolute atomic E-state index is 0.0465. The standard InChI is InChI=1S/C34H36N2O5.C32H32N2O5.C21H27N2.C18H33P.C7H6.2ClH.Ru/c1-6-14-23-15-8-13-20-30(23)36(21-31(37)41-34(3,4)5)32(38)29(7-2)35-33(39)40-22-28-26-18-11-9-16-24(26)25-17-10-12-19-27(25)28;1-32(2,3)39-29(35)19-34-28-18-9-4-11-21(28)12-10-17-27(30(34)36)33-31(37)38-20-26-24-15-7-5-13-22(24)23-14-6-8-16-25(23)26;1-14-9-16(3)20(17(4)10-14)22-7-8-23(13-22)21-18(5)11-15(2)12-19(21)6;1-4-10-16(11-5-1)19(17-12-6-2-7-13-17)18-14-8-3-9-15-18;1-7-5-3-2-4-6-7;;;/h6-13,15-20,28-29H,1-2,14,21-22H2,3-5H3,(H,35,39);4-16,18,26-27H,17,19-20H2,1-3H3,(H,33,37);9-13H,7-8H2,1-6H3;16-18H,1-15H2;1-6H;2*1H;/q;;-1;;;;;+2/p-1/t29-;27-;;;;;;/m11....../s1. The van der Waals surface area contributed by atoms with Crippen molar-refractivity contribution in [2.45, 2.75) is 244 Å². The molecule has 2 N–H and O–H groups in total. The second kappa shape index (κ2) is 48.1. The van der Waals surface area contributed by atoms with E-state index in [9.17, 15) is 28.8 Å². The number of benzene rings is 9. The number of para-hydroxylation sites is 2. The molecule has 9 aromatic carbocycles. The maximum absolute atomic E-state index is 13.8. The van der Waals surface area contributed by atoms with E-state index in [1.807, 2.05) is 132 Å². The van der Waals surface area contributed by atoms with E-state index in [1.165, 1.54) is 77.6 Å². The van der Waals surface area contributed by atoms with Crippen LogP contribution in [0.5, 0.6) is 0 Å². The number of aryl methyl sites for hydroxylation is 6. The molecule has 0 bridgehead atoms. The molecule has 2 atom stereocenters. The van der Waals surface area contributed by atoms with Gasteiger partial charge in [0.15, 0.2) is 0 Å². The van der Waals surface area contributed by atoms with Gasteiger partial charge in [-0.25, -0.2) is 9.59 Å². The van der Waals surface area contributed by atoms with Crippen LogP contribution >= 0.6 is 27.3 Å². The first-order valence-corrected chi connectivity index (χ1v) is 54.3. The van der Waals surface area contributed by atoms with Gasteiger partial charge in [-0.1, -0.05) is 212 Å². The van der Waals surface area contributed by atoms with Gasteiger partial charge in [-0.2, -0.15) is 6.67 Å². The Morgan fingerprint density at radius 3 is 1.40 bits per heavy atom. The molecule has 16 rings (SSSR count). The van der Waals surface area contributed by atoms with Gasteiger partial charge in [0, 0.05) is 49.9 Å². The predicted molar refractivity (Wildman–Crippen MR) is 544 cm³/mol. The Hall–Kier alpha value is -10.3. The van der Waals surface area contributed by atoms with Crippen LogP contribution in [0.2, 0.25) is 0 Å². The third-order valence-corrected chi connectivity index (χ3v) is 31.9. The Morgan fingerprint density at radius 2 is 0.955 bits per heavy atom. The molecule has 700 valence electrons. The fraction of sp³-hybridized carbons (Fsp3) is 0.393. The molecular weight excluding hydrogens is 1790 g/mol. The van der Waals surface area contributed by atoms with Crippen molar-refractivity contribution in [2.24, 2.45) is 0 Å². The van der Waals surface area contributed by atoms with Crippen molar-refractivity contribution in [2.75, 3.05) is 59.0 Å². The summed E-state index contributed by atoms with van der Waals surface area (Å²) in [6, 6.07) is 63.8. The monoisotopic (exact) mass is 1930 g/mol. The van der Waals surface area contributed by atoms with Crippen molar-refractivity contribution in [1.29, 1.82) is 0 Å². The number of nitrogens with one attached hydrogen (secondary N) is 2. The number of nitrogens with zero attached hydrogens (tertiary/aromatic N) is 4. The summed E-state index contributed by atoms with van der Waals surface area (Å²) in [5.74, 6) is -2.28. The zero-order valence-corrected chi connectivity index (χ0v) is 83.5. The van der Waals surface area contributed by atoms with E-state index in [0.29, 0.717) is 17.8 Å². The van der Waals surface area contributed by atoms with E-state index in [4.69, 9.17) is 38.3 Å². The maximum atomic E-state index is 13.8. The van der Waals surface area contributed by atoms with Gasteiger partial charge < -0.3 is 39.4 Å². The number of hydrogen-bond acceptors (Lipinski definition) is 12. The van der Waals surface area contributed by atoms with Crippen LogP contribution < -0.4 is 30.2 Å². The minimum atomic E-state index is -1.61. The van der Waals surface area contributed by atoms with Crippen molar-refractivity contribution < 1.29 is 61.2 Å². The first kappa shape index (κ1) is 101. The Bertz CT molecular complexity index is 5300. The zero-order chi connectivity index (χ0) is 94.2. The number of anilines is 4. The van der Waals surface area contributed by atoms with Crippen LogP contribution in [0.15, 0.2) is 232 Å². The molecule has 4 fully saturated rings. The van der Waals surface area contributed by atoms with Gasteiger partial charge in [0.1, 0.15) is 49.6 Å². The summed E-state index contributed by atoms with van der Waals surface area (Å²) in [5, 5.41) is 5.35. The van der Waals surface area contributed by atoms with Crippen molar-refractivity contribution in [1.82, 2.24) is 10.6 Å². The molecule has 16 nitrogen and oxygen atoms in total. The summed E-state index contributed by atoms with van der Waals surface area (Å²) >= 11 is -1.61. The summed E-state index contributed by atoms with van der Waals surface area (Å²) in [6.45, 7) is 35.3. The van der Waals surface area contributed by atoms with Gasteiger partial charge >= 0.3 is 97.5 Å². The van der Waals surface area contributed by atoms with Gasteiger partial charge in [-0.05, 0) is 263 Å². The number of amides is 4. The van der Waals surface area contributed by atoms with E-state index in [0.717, 1.165) is 74.3 Å². The third-order valence-electron chi connectivity index (χ3n) is 25.5. The summed E-state index contributed by atoms with van der Waals surface area (Å²) in [7, 11) is 11.3. The van der Waals surface area contributed by atoms with Crippen molar-refractivity contribution in [3.63, 3.8) is 0 Å². The molecular formula is C112H135Cl2N6O10PRu. The number of carbonyl (C=O) groups is 6. The summed E-state index contributed by atoms with van der Waals surface area (Å²) < 4.78 is 24.2. The fourth-order valence-electron chi connectivity index (χ4n) is 20.2. The normalized spacial score (nSPS) is 16.4. The van der Waals surface area contributed by atoms with Crippen LogP contribution in [0, 0.1) is 48.2 Å². The second-order valence-electron chi connectivity index (χ2n) is 37.8. The molecule has 2 aliphatic heterocycles. The number of alkyl carbamates (subject to hydrolysis) is 2. The molecule has 2 heterocycles. The number of rotatable bonds is 21. The summed E-state index contributed by atoms with van der Waals surface area (Å²) in [6.07, 6.45) is 29.8. The average Bonchev–Trinajstić information content (AvgIpc) is 1.61. The quantitative estimate of drug-likeness (QED) is 0.0174. The van der Waals surface area contributed by atoms with Gasteiger partial charge in [0.2, 0.25) is 0 Å². The van der Waals surface area contributed by atoms with Gasteiger partial charge in [-0.15, -0.1) is 13.2 Å². The first-order chi connectivity index (χ1) is 63.4. The Balaban J connectivity index is 0.000000159. The first-order valence-electron chi connectivity index (χ1n) is 47.1. The number of allylic oxidation sites excluding steroid dienone is 1. The van der Waals surface area contributed by atoms with Crippen molar-refractivity contribution in [3.8, 4) is 22.3 Å². The molecule has 5 aliphatic carbocycles. The molecule has 0 aromatic heterocycles. The molecule has 0 radical (unpaired) electrons. The van der Waals surface area contributed by atoms with Crippen LogP contribution in [-0.2, 0) is 58.1 Å². The Kier molecular flexibility index (Phi) is 36.7. The van der Waals surface area contributed by atoms with Crippen molar-refractivity contribution in [3.05, 3.63) is 311 Å². The number of carbonyl (C=O) groups excluding carboxylic acids is 6. The van der Waals surface area contributed by atoms with E-state index in [1.54, 1.807) is 168 Å². The molecule has 20 heteroatoms. The number of halogens is 2. The van der Waals surface area contributed by atoms with Crippen LogP contribution in [-0.4, -0.2) is 120 Å².